The lowest BCUT2D eigenvalue weighted by molar-refractivity contribution is 0.0922. The van der Waals surface area contributed by atoms with Crippen LogP contribution in [0.15, 0.2) is 6.20 Å². The van der Waals surface area contributed by atoms with Crippen molar-refractivity contribution in [3.05, 3.63) is 17.5 Å². The van der Waals surface area contributed by atoms with E-state index in [9.17, 15) is 4.79 Å². The van der Waals surface area contributed by atoms with Gasteiger partial charge in [0, 0.05) is 23.9 Å². The molecule has 4 nitrogen and oxygen atoms in total. The lowest BCUT2D eigenvalue weighted by Crippen LogP contribution is -2.49. The number of nitrogens with zero attached hydrogens (tertiary/aromatic N) is 2. The van der Waals surface area contributed by atoms with Gasteiger partial charge in [-0.25, -0.2) is 0 Å². The first-order valence-corrected chi connectivity index (χ1v) is 7.67. The Kier molecular flexibility index (Phi) is 5.19. The fourth-order valence-electron chi connectivity index (χ4n) is 1.43. The van der Waals surface area contributed by atoms with Crippen molar-refractivity contribution in [3.8, 4) is 0 Å². The molecule has 0 radical (unpaired) electrons. The van der Waals surface area contributed by atoms with E-state index in [4.69, 9.17) is 0 Å². The van der Waals surface area contributed by atoms with Gasteiger partial charge < -0.3 is 5.32 Å². The first-order valence-electron chi connectivity index (χ1n) is 5.42. The normalized spacial score (nSPS) is 11.6. The van der Waals surface area contributed by atoms with Gasteiger partial charge in [0.05, 0.1) is 16.8 Å². The molecule has 1 aromatic rings. The number of amides is 1. The molecule has 1 aromatic heterocycles. The standard InChI is InChI=1S/C11H17Br2N3O/c1-4-9-8(5-16(3)15-9)10(17)14-11(2,6-12)7-13/h5H,4,6-7H2,1-3H3,(H,14,17). The summed E-state index contributed by atoms with van der Waals surface area (Å²) in [6, 6.07) is 0. The monoisotopic (exact) mass is 365 g/mol. The molecule has 0 bridgehead atoms. The number of alkyl halides is 2. The molecular weight excluding hydrogens is 350 g/mol. The summed E-state index contributed by atoms with van der Waals surface area (Å²) in [6.45, 7) is 3.98. The van der Waals surface area contributed by atoms with Crippen LogP contribution in [0.3, 0.4) is 0 Å². The molecule has 0 unspecified atom stereocenters. The van der Waals surface area contributed by atoms with Gasteiger partial charge in [0.2, 0.25) is 0 Å². The second-order valence-corrected chi connectivity index (χ2v) is 5.42. The van der Waals surface area contributed by atoms with Crippen LogP contribution in [0.25, 0.3) is 0 Å². The van der Waals surface area contributed by atoms with E-state index in [0.717, 1.165) is 12.1 Å². The molecule has 0 aliphatic carbocycles. The van der Waals surface area contributed by atoms with E-state index < -0.39 is 0 Å². The Bertz CT molecular complexity index is 399. The van der Waals surface area contributed by atoms with Crippen LogP contribution in [0.5, 0.6) is 0 Å². The van der Waals surface area contributed by atoms with E-state index in [1.165, 1.54) is 0 Å². The van der Waals surface area contributed by atoms with Gasteiger partial charge in [-0.2, -0.15) is 5.10 Å². The van der Waals surface area contributed by atoms with Crippen LogP contribution in [0.2, 0.25) is 0 Å². The van der Waals surface area contributed by atoms with Crippen molar-refractivity contribution in [2.45, 2.75) is 25.8 Å². The molecular formula is C11H17Br2N3O. The van der Waals surface area contributed by atoms with Gasteiger partial charge in [-0.05, 0) is 13.3 Å². The minimum absolute atomic E-state index is 0.0728. The zero-order valence-electron chi connectivity index (χ0n) is 10.3. The molecule has 0 atom stereocenters. The van der Waals surface area contributed by atoms with Crippen molar-refractivity contribution in [1.82, 2.24) is 15.1 Å². The lowest BCUT2D eigenvalue weighted by Gasteiger charge is -2.26. The van der Waals surface area contributed by atoms with Crippen molar-refractivity contribution in [1.29, 1.82) is 0 Å². The minimum Gasteiger partial charge on any atom is -0.345 e. The van der Waals surface area contributed by atoms with Gasteiger partial charge in [0.1, 0.15) is 0 Å². The predicted octanol–water partition coefficient (Wildman–Crippen LogP) is 2.26. The molecule has 17 heavy (non-hydrogen) atoms. The number of halogens is 2. The Balaban J connectivity index is 2.89. The molecule has 0 spiro atoms. The van der Waals surface area contributed by atoms with Crippen molar-refractivity contribution >= 4 is 37.8 Å². The highest BCUT2D eigenvalue weighted by atomic mass is 79.9. The molecule has 0 saturated carbocycles. The van der Waals surface area contributed by atoms with Gasteiger partial charge in [-0.15, -0.1) is 0 Å². The SMILES string of the molecule is CCc1nn(C)cc1C(=O)NC(C)(CBr)CBr. The second kappa shape index (κ2) is 6.00. The van der Waals surface area contributed by atoms with Crippen molar-refractivity contribution in [3.63, 3.8) is 0 Å². The Morgan fingerprint density at radius 3 is 2.59 bits per heavy atom. The topological polar surface area (TPSA) is 46.9 Å². The number of hydrogen-bond donors (Lipinski definition) is 1. The van der Waals surface area contributed by atoms with E-state index in [1.54, 1.807) is 10.9 Å². The molecule has 6 heteroatoms. The fraction of sp³-hybridized carbons (Fsp3) is 0.636. The smallest absolute Gasteiger partial charge is 0.255 e. The van der Waals surface area contributed by atoms with Crippen molar-refractivity contribution in [2.75, 3.05) is 10.7 Å². The first kappa shape index (κ1) is 14.7. The summed E-state index contributed by atoms with van der Waals surface area (Å²) in [4.78, 5) is 12.2. The van der Waals surface area contributed by atoms with E-state index in [1.807, 2.05) is 20.9 Å². The van der Waals surface area contributed by atoms with Crippen LogP contribution >= 0.6 is 31.9 Å². The summed E-state index contributed by atoms with van der Waals surface area (Å²) in [7, 11) is 1.82. The third-order valence-corrected chi connectivity index (χ3v) is 4.97. The largest absolute Gasteiger partial charge is 0.345 e. The predicted molar refractivity (Wildman–Crippen MR) is 76.0 cm³/mol. The number of carbonyl (C=O) groups is 1. The summed E-state index contributed by atoms with van der Waals surface area (Å²) in [6.07, 6.45) is 2.51. The van der Waals surface area contributed by atoms with Crippen molar-refractivity contribution < 1.29 is 4.79 Å². The molecule has 0 aliphatic heterocycles. The Hall–Kier alpha value is -0.360. The Morgan fingerprint density at radius 1 is 1.53 bits per heavy atom. The Morgan fingerprint density at radius 2 is 2.12 bits per heavy atom. The van der Waals surface area contributed by atoms with Crippen LogP contribution in [0.4, 0.5) is 0 Å². The summed E-state index contributed by atoms with van der Waals surface area (Å²) in [5, 5.41) is 8.66. The van der Waals surface area contributed by atoms with Gasteiger partial charge >= 0.3 is 0 Å². The van der Waals surface area contributed by atoms with Gasteiger partial charge in [-0.1, -0.05) is 38.8 Å². The molecule has 1 N–H and O–H groups in total. The van der Waals surface area contributed by atoms with Crippen LogP contribution in [-0.4, -0.2) is 31.9 Å². The van der Waals surface area contributed by atoms with Crippen LogP contribution < -0.4 is 5.32 Å². The highest BCUT2D eigenvalue weighted by Crippen LogP contribution is 2.14. The highest BCUT2D eigenvalue weighted by molar-refractivity contribution is 9.09. The summed E-state index contributed by atoms with van der Waals surface area (Å²) in [5.41, 5.74) is 1.19. The molecule has 1 amide bonds. The molecule has 96 valence electrons. The van der Waals surface area contributed by atoms with E-state index in [-0.39, 0.29) is 11.4 Å². The molecule has 0 fully saturated rings. The zero-order valence-corrected chi connectivity index (χ0v) is 13.4. The third-order valence-electron chi connectivity index (χ3n) is 2.49. The summed E-state index contributed by atoms with van der Waals surface area (Å²) >= 11 is 6.82. The maximum atomic E-state index is 12.2. The number of carbonyl (C=O) groups excluding carboxylic acids is 1. The molecule has 0 aliphatic rings. The summed E-state index contributed by atoms with van der Waals surface area (Å²) < 4.78 is 1.67. The van der Waals surface area contributed by atoms with Crippen LogP contribution in [0.1, 0.15) is 29.9 Å². The number of nitrogens with one attached hydrogen (secondary N) is 1. The fourth-order valence-corrected chi connectivity index (χ4v) is 2.64. The number of aryl methyl sites for hydroxylation is 2. The second-order valence-electron chi connectivity index (χ2n) is 4.30. The molecule has 0 saturated heterocycles. The molecule has 0 aromatic carbocycles. The quantitative estimate of drug-likeness (QED) is 0.812. The summed E-state index contributed by atoms with van der Waals surface area (Å²) in [5.74, 6) is -0.0728. The van der Waals surface area contributed by atoms with E-state index in [0.29, 0.717) is 16.2 Å². The highest BCUT2D eigenvalue weighted by Gasteiger charge is 2.26. The average Bonchev–Trinajstić information content (AvgIpc) is 2.70. The molecule has 1 heterocycles. The van der Waals surface area contributed by atoms with Crippen LogP contribution in [0, 0.1) is 0 Å². The third kappa shape index (κ3) is 3.55. The number of rotatable bonds is 5. The maximum absolute atomic E-state index is 12.2. The van der Waals surface area contributed by atoms with Crippen LogP contribution in [-0.2, 0) is 13.5 Å². The van der Waals surface area contributed by atoms with E-state index >= 15 is 0 Å². The molecule has 1 rings (SSSR count). The van der Waals surface area contributed by atoms with Gasteiger partial charge in [-0.3, -0.25) is 9.48 Å². The Labute approximate surface area is 118 Å². The average molecular weight is 367 g/mol. The number of hydrogen-bond acceptors (Lipinski definition) is 2. The minimum atomic E-state index is -0.294. The lowest BCUT2D eigenvalue weighted by atomic mass is 10.1. The van der Waals surface area contributed by atoms with E-state index in [2.05, 4.69) is 42.3 Å². The first-order chi connectivity index (χ1) is 7.95. The zero-order chi connectivity index (χ0) is 13.1. The van der Waals surface area contributed by atoms with Gasteiger partial charge in [0.25, 0.3) is 5.91 Å². The van der Waals surface area contributed by atoms with Gasteiger partial charge in [0.15, 0.2) is 0 Å². The van der Waals surface area contributed by atoms with Crippen molar-refractivity contribution in [2.24, 2.45) is 7.05 Å². The number of aromatic nitrogens is 2. The maximum Gasteiger partial charge on any atom is 0.255 e.